The van der Waals surface area contributed by atoms with E-state index in [9.17, 15) is 23.1 Å². The summed E-state index contributed by atoms with van der Waals surface area (Å²) in [4.78, 5) is 17.7. The van der Waals surface area contributed by atoms with Crippen LogP contribution in [0.15, 0.2) is 95.5 Å². The normalized spacial score (nSPS) is 15.2. The Balaban J connectivity index is 1.13. The third-order valence-electron chi connectivity index (χ3n) is 7.26. The van der Waals surface area contributed by atoms with Gasteiger partial charge in [-0.15, -0.1) is 0 Å². The van der Waals surface area contributed by atoms with Crippen LogP contribution in [0.1, 0.15) is 34.1 Å². The number of para-hydroxylation sites is 1. The number of benzene rings is 3. The number of amides is 1. The van der Waals surface area contributed by atoms with Gasteiger partial charge in [0.15, 0.2) is 11.5 Å². The van der Waals surface area contributed by atoms with Gasteiger partial charge in [0.05, 0.1) is 5.92 Å². The third kappa shape index (κ3) is 7.91. The molecule has 1 atom stereocenters. The fourth-order valence-electron chi connectivity index (χ4n) is 5.06. The molecule has 0 spiro atoms. The quantitative estimate of drug-likeness (QED) is 0.260. The number of halogens is 3. The second kappa shape index (κ2) is 13.7. The zero-order chi connectivity index (χ0) is 30.2. The van der Waals surface area contributed by atoms with Crippen LogP contribution in [0.25, 0.3) is 12.2 Å². The number of aliphatic hydroxyl groups excluding tert-OH is 1. The van der Waals surface area contributed by atoms with Gasteiger partial charge in [-0.1, -0.05) is 84.0 Å². The second-order valence-corrected chi connectivity index (χ2v) is 10.3. The Morgan fingerprint density at radius 3 is 2.12 bits per heavy atom. The molecule has 1 saturated heterocycles. The van der Waals surface area contributed by atoms with Gasteiger partial charge in [0, 0.05) is 44.4 Å². The number of aromatic nitrogens is 1. The predicted molar refractivity (Wildman–Crippen MR) is 156 cm³/mol. The predicted octanol–water partition coefficient (Wildman–Crippen LogP) is 5.58. The molecule has 1 fully saturated rings. The van der Waals surface area contributed by atoms with Gasteiger partial charge in [-0.3, -0.25) is 9.69 Å². The molecule has 1 aromatic heterocycles. The van der Waals surface area contributed by atoms with Gasteiger partial charge in [0.2, 0.25) is 5.91 Å². The van der Waals surface area contributed by atoms with E-state index in [2.05, 4.69) is 10.1 Å². The van der Waals surface area contributed by atoms with Crippen molar-refractivity contribution in [1.29, 1.82) is 0 Å². The summed E-state index contributed by atoms with van der Waals surface area (Å²) in [7, 11) is 0. The first-order chi connectivity index (χ1) is 20.8. The number of rotatable bonds is 10. The first-order valence-electron chi connectivity index (χ1n) is 14.0. The number of piperazine rings is 1. The highest BCUT2D eigenvalue weighted by molar-refractivity contribution is 5.87. The van der Waals surface area contributed by atoms with E-state index in [1.807, 2.05) is 65.6 Å². The maximum Gasteiger partial charge on any atom is 0.436 e. The van der Waals surface area contributed by atoms with E-state index in [0.29, 0.717) is 44.0 Å². The zero-order valence-corrected chi connectivity index (χ0v) is 23.4. The van der Waals surface area contributed by atoms with Crippen LogP contribution in [0, 0.1) is 0 Å². The summed E-state index contributed by atoms with van der Waals surface area (Å²) >= 11 is 0. The molecular formula is C33H32F3N3O4. The molecular weight excluding hydrogens is 559 g/mol. The van der Waals surface area contributed by atoms with Crippen molar-refractivity contribution >= 4 is 18.1 Å². The molecule has 0 aliphatic carbocycles. The number of aliphatic hydroxyl groups is 1. The van der Waals surface area contributed by atoms with Crippen molar-refractivity contribution in [2.75, 3.05) is 39.3 Å². The smallest absolute Gasteiger partial charge is 0.436 e. The lowest BCUT2D eigenvalue weighted by Gasteiger charge is -2.37. The Morgan fingerprint density at radius 1 is 0.907 bits per heavy atom. The largest absolute Gasteiger partial charge is 0.490 e. The minimum Gasteiger partial charge on any atom is -0.490 e. The lowest BCUT2D eigenvalue weighted by molar-refractivity contribution is -0.142. The van der Waals surface area contributed by atoms with Gasteiger partial charge in [-0.2, -0.15) is 13.2 Å². The molecule has 224 valence electrons. The van der Waals surface area contributed by atoms with Crippen molar-refractivity contribution < 1.29 is 32.3 Å². The third-order valence-corrected chi connectivity index (χ3v) is 7.26. The molecule has 1 amide bonds. The van der Waals surface area contributed by atoms with Crippen LogP contribution in [-0.2, 0) is 11.0 Å². The fourth-order valence-corrected chi connectivity index (χ4v) is 5.06. The zero-order valence-electron chi connectivity index (χ0n) is 23.4. The summed E-state index contributed by atoms with van der Waals surface area (Å²) in [5.41, 5.74) is 1.42. The SMILES string of the molecule is O=C(C(c1ccccc1)c1ccccc1)N1CCN(CC(O)COc2ccccc2/C=C/c2cc(C(F)(F)F)no2)CC1. The molecule has 7 nitrogen and oxygen atoms in total. The lowest BCUT2D eigenvalue weighted by Crippen LogP contribution is -2.52. The number of carbonyl (C=O) groups excluding carboxylic acids is 1. The van der Waals surface area contributed by atoms with E-state index >= 15 is 0 Å². The number of β-amino-alcohol motifs (C(OH)–C–C–N with tert-alkyl or cyclic N) is 1. The summed E-state index contributed by atoms with van der Waals surface area (Å²) in [6, 6.07) is 27.4. The van der Waals surface area contributed by atoms with Crippen molar-refractivity contribution in [3.05, 3.63) is 119 Å². The first kappa shape index (κ1) is 30.1. The maximum atomic E-state index is 13.7. The Hall–Kier alpha value is -4.41. The van der Waals surface area contributed by atoms with E-state index in [0.717, 1.165) is 17.2 Å². The Bertz CT molecular complexity index is 1460. The maximum absolute atomic E-state index is 13.7. The second-order valence-electron chi connectivity index (χ2n) is 10.3. The molecule has 0 saturated carbocycles. The number of hydrogen-bond acceptors (Lipinski definition) is 6. The standard InChI is InChI=1S/C33H32F3N3O4/c34-33(35,36)30-21-28(43-37-30)16-15-24-9-7-8-14-29(24)42-23-27(40)22-38-17-19-39(20-18-38)32(41)31(25-10-3-1-4-11-25)26-12-5-2-6-13-26/h1-16,21,27,31,40H,17-20,22-23H2/b16-15+. The molecule has 4 aromatic rings. The topological polar surface area (TPSA) is 79.0 Å². The molecule has 43 heavy (non-hydrogen) atoms. The molecule has 3 aromatic carbocycles. The minimum absolute atomic E-state index is 0.0224. The van der Waals surface area contributed by atoms with Crippen LogP contribution in [0.4, 0.5) is 13.2 Å². The van der Waals surface area contributed by atoms with Crippen LogP contribution in [0.5, 0.6) is 5.75 Å². The number of nitrogens with zero attached hydrogens (tertiary/aromatic N) is 3. The highest BCUT2D eigenvalue weighted by atomic mass is 19.4. The molecule has 1 N–H and O–H groups in total. The van der Waals surface area contributed by atoms with Crippen LogP contribution in [0.2, 0.25) is 0 Å². The van der Waals surface area contributed by atoms with E-state index < -0.39 is 18.0 Å². The van der Waals surface area contributed by atoms with Crippen LogP contribution >= 0.6 is 0 Å². The van der Waals surface area contributed by atoms with Crippen molar-refractivity contribution in [2.24, 2.45) is 0 Å². The minimum atomic E-state index is -4.58. The van der Waals surface area contributed by atoms with Gasteiger partial charge in [-0.25, -0.2) is 0 Å². The number of hydrogen-bond donors (Lipinski definition) is 1. The lowest BCUT2D eigenvalue weighted by atomic mass is 9.90. The van der Waals surface area contributed by atoms with Crippen molar-refractivity contribution in [3.63, 3.8) is 0 Å². The van der Waals surface area contributed by atoms with Gasteiger partial charge in [0.1, 0.15) is 18.5 Å². The fraction of sp³-hybridized carbons (Fsp3) is 0.273. The average Bonchev–Trinajstić information content (AvgIpc) is 3.51. The summed E-state index contributed by atoms with van der Waals surface area (Å²) in [6.45, 7) is 2.74. The van der Waals surface area contributed by atoms with E-state index in [1.165, 1.54) is 6.08 Å². The monoisotopic (exact) mass is 591 g/mol. The Morgan fingerprint density at radius 2 is 1.51 bits per heavy atom. The molecule has 2 heterocycles. The first-order valence-corrected chi connectivity index (χ1v) is 14.0. The summed E-state index contributed by atoms with van der Waals surface area (Å²) < 4.78 is 48.9. The van der Waals surface area contributed by atoms with Crippen molar-refractivity contribution in [1.82, 2.24) is 15.0 Å². The van der Waals surface area contributed by atoms with E-state index in [1.54, 1.807) is 30.3 Å². The molecule has 0 bridgehead atoms. The Kier molecular flexibility index (Phi) is 9.58. The van der Waals surface area contributed by atoms with E-state index in [-0.39, 0.29) is 24.2 Å². The van der Waals surface area contributed by atoms with Crippen LogP contribution in [-0.4, -0.2) is 71.4 Å². The molecule has 5 rings (SSSR count). The van der Waals surface area contributed by atoms with E-state index in [4.69, 9.17) is 9.26 Å². The number of carbonyl (C=O) groups is 1. The molecule has 1 aliphatic rings. The summed E-state index contributed by atoms with van der Waals surface area (Å²) in [5.74, 6) is 0.110. The number of ether oxygens (including phenoxy) is 1. The van der Waals surface area contributed by atoms with Crippen molar-refractivity contribution in [2.45, 2.75) is 18.2 Å². The molecule has 1 unspecified atom stereocenters. The summed E-state index contributed by atoms with van der Waals surface area (Å²) in [6.07, 6.45) is -2.43. The van der Waals surface area contributed by atoms with Gasteiger partial charge >= 0.3 is 6.18 Å². The van der Waals surface area contributed by atoms with Gasteiger partial charge in [0.25, 0.3) is 0 Å². The summed E-state index contributed by atoms with van der Waals surface area (Å²) in [5, 5.41) is 13.8. The van der Waals surface area contributed by atoms with Crippen molar-refractivity contribution in [3.8, 4) is 5.75 Å². The van der Waals surface area contributed by atoms with Gasteiger partial charge < -0.3 is 19.3 Å². The molecule has 10 heteroatoms. The van der Waals surface area contributed by atoms with Crippen LogP contribution < -0.4 is 4.74 Å². The highest BCUT2D eigenvalue weighted by Gasteiger charge is 2.35. The molecule has 0 radical (unpaired) electrons. The van der Waals surface area contributed by atoms with Gasteiger partial charge in [-0.05, 0) is 29.3 Å². The molecule has 1 aliphatic heterocycles. The highest BCUT2D eigenvalue weighted by Crippen LogP contribution is 2.30. The average molecular weight is 592 g/mol. The Labute approximate surface area is 247 Å². The van der Waals surface area contributed by atoms with Crippen LogP contribution in [0.3, 0.4) is 0 Å². The number of alkyl halides is 3.